The molecule has 0 fully saturated rings. The normalized spacial score (nSPS) is 13.3. The molecule has 6 heteroatoms. The van der Waals surface area contributed by atoms with Gasteiger partial charge in [-0.05, 0) is 36.1 Å². The zero-order valence-corrected chi connectivity index (χ0v) is 16.1. The van der Waals surface area contributed by atoms with Crippen molar-refractivity contribution < 1.29 is 14.7 Å². The highest BCUT2D eigenvalue weighted by Crippen LogP contribution is 2.27. The second-order valence-corrected chi connectivity index (χ2v) is 7.45. The van der Waals surface area contributed by atoms with Crippen molar-refractivity contribution in [2.75, 3.05) is 0 Å². The molecule has 148 valence electrons. The van der Waals surface area contributed by atoms with Gasteiger partial charge in [-0.25, -0.2) is 9.31 Å². The molecule has 1 aliphatic rings. The lowest BCUT2D eigenvalue weighted by molar-refractivity contribution is 0.0699. The molecule has 0 atom stereocenters. The Balaban J connectivity index is 1.52. The van der Waals surface area contributed by atoms with E-state index in [1.54, 1.807) is 18.2 Å². The number of aromatic nitrogens is 2. The number of hydrogen-bond acceptors (Lipinski definition) is 3. The monoisotopic (exact) mass is 397 g/mol. The molecule has 0 bridgehead atoms. The first-order valence-electron chi connectivity index (χ1n) is 9.80. The Morgan fingerprint density at radius 3 is 2.23 bits per heavy atom. The van der Waals surface area contributed by atoms with Crippen LogP contribution in [0.2, 0.25) is 0 Å². The molecular formula is C24H19N3O3. The van der Waals surface area contributed by atoms with E-state index in [1.165, 1.54) is 15.6 Å². The third kappa shape index (κ3) is 3.03. The summed E-state index contributed by atoms with van der Waals surface area (Å²) in [7, 11) is 0. The zero-order valence-electron chi connectivity index (χ0n) is 16.1. The summed E-state index contributed by atoms with van der Waals surface area (Å²) < 4.78 is 1.43. The van der Waals surface area contributed by atoms with Gasteiger partial charge in [0.05, 0.1) is 5.52 Å². The van der Waals surface area contributed by atoms with Crippen LogP contribution >= 0.6 is 0 Å². The summed E-state index contributed by atoms with van der Waals surface area (Å²) in [4.78, 5) is 25.1. The van der Waals surface area contributed by atoms with Crippen LogP contribution in [-0.2, 0) is 12.8 Å². The summed E-state index contributed by atoms with van der Waals surface area (Å²) in [6.07, 6.45) is 1.57. The molecule has 0 radical (unpaired) electrons. The molecule has 0 unspecified atom stereocenters. The van der Waals surface area contributed by atoms with E-state index in [4.69, 9.17) is 0 Å². The predicted molar refractivity (Wildman–Crippen MR) is 113 cm³/mol. The molecule has 6 nitrogen and oxygen atoms in total. The fourth-order valence-corrected chi connectivity index (χ4v) is 4.17. The zero-order chi connectivity index (χ0) is 20.7. The third-order valence-electron chi connectivity index (χ3n) is 5.54. The highest BCUT2D eigenvalue weighted by molar-refractivity contribution is 6.03. The first kappa shape index (κ1) is 18.1. The molecule has 0 aliphatic heterocycles. The molecule has 4 aromatic rings. The van der Waals surface area contributed by atoms with E-state index in [0.717, 1.165) is 12.8 Å². The Bertz CT molecular complexity index is 1250. The lowest BCUT2D eigenvalue weighted by Gasteiger charge is -2.12. The number of benzene rings is 2. The third-order valence-corrected chi connectivity index (χ3v) is 5.54. The van der Waals surface area contributed by atoms with Gasteiger partial charge in [0.15, 0.2) is 0 Å². The van der Waals surface area contributed by atoms with E-state index < -0.39 is 5.97 Å². The van der Waals surface area contributed by atoms with E-state index in [1.807, 2.05) is 42.5 Å². The number of nitrogens with zero attached hydrogens (tertiary/aromatic N) is 2. The number of rotatable bonds is 4. The van der Waals surface area contributed by atoms with E-state index in [0.29, 0.717) is 22.5 Å². The average Bonchev–Trinajstić information content (AvgIpc) is 3.35. The molecule has 2 aromatic heterocycles. The second-order valence-electron chi connectivity index (χ2n) is 7.45. The molecular weight excluding hydrogens is 378 g/mol. The van der Waals surface area contributed by atoms with Crippen LogP contribution in [0.15, 0.2) is 72.8 Å². The molecule has 1 amide bonds. The molecule has 2 N–H and O–H groups in total. The fourth-order valence-electron chi connectivity index (χ4n) is 4.17. The number of amides is 1. The van der Waals surface area contributed by atoms with Crippen molar-refractivity contribution in [1.82, 2.24) is 14.9 Å². The number of nitrogens with one attached hydrogen (secondary N) is 1. The van der Waals surface area contributed by atoms with Crippen LogP contribution < -0.4 is 5.32 Å². The summed E-state index contributed by atoms with van der Waals surface area (Å²) in [5, 5.41) is 17.4. The predicted octanol–water partition coefficient (Wildman–Crippen LogP) is 3.60. The van der Waals surface area contributed by atoms with Gasteiger partial charge in [0, 0.05) is 11.6 Å². The number of carbonyl (C=O) groups excluding carboxylic acids is 1. The van der Waals surface area contributed by atoms with Gasteiger partial charge < -0.3 is 10.4 Å². The first-order chi connectivity index (χ1) is 14.6. The van der Waals surface area contributed by atoms with E-state index in [-0.39, 0.29) is 17.5 Å². The van der Waals surface area contributed by atoms with E-state index in [9.17, 15) is 14.7 Å². The molecule has 5 rings (SSSR count). The number of hydrogen-bond donors (Lipinski definition) is 2. The minimum atomic E-state index is -1.08. The highest BCUT2D eigenvalue weighted by Gasteiger charge is 2.26. The minimum Gasteiger partial charge on any atom is -0.478 e. The van der Waals surface area contributed by atoms with Crippen molar-refractivity contribution in [2.45, 2.75) is 18.9 Å². The summed E-state index contributed by atoms with van der Waals surface area (Å²) in [5.41, 5.74) is 4.33. The van der Waals surface area contributed by atoms with Gasteiger partial charge in [0.25, 0.3) is 5.91 Å². The number of carboxylic acids is 1. The quantitative estimate of drug-likeness (QED) is 0.551. The van der Waals surface area contributed by atoms with Crippen LogP contribution in [0.4, 0.5) is 0 Å². The van der Waals surface area contributed by atoms with Gasteiger partial charge >= 0.3 is 5.97 Å². The number of fused-ring (bicyclic) bond motifs is 2. The smallest absolute Gasteiger partial charge is 0.340 e. The van der Waals surface area contributed by atoms with E-state index in [2.05, 4.69) is 22.5 Å². The first-order valence-corrected chi connectivity index (χ1v) is 9.80. The van der Waals surface area contributed by atoms with Crippen molar-refractivity contribution in [3.63, 3.8) is 0 Å². The van der Waals surface area contributed by atoms with Crippen molar-refractivity contribution in [3.05, 3.63) is 95.2 Å². The second kappa shape index (κ2) is 7.15. The topological polar surface area (TPSA) is 83.7 Å². The maximum atomic E-state index is 13.1. The van der Waals surface area contributed by atoms with Gasteiger partial charge in [0.2, 0.25) is 0 Å². The Kier molecular flexibility index (Phi) is 4.32. The van der Waals surface area contributed by atoms with Crippen LogP contribution in [-0.4, -0.2) is 32.6 Å². The summed E-state index contributed by atoms with van der Waals surface area (Å²) >= 11 is 0. The van der Waals surface area contributed by atoms with Crippen molar-refractivity contribution in [3.8, 4) is 11.3 Å². The van der Waals surface area contributed by atoms with Crippen LogP contribution in [0.3, 0.4) is 0 Å². The molecule has 1 aliphatic carbocycles. The van der Waals surface area contributed by atoms with Gasteiger partial charge in [0.1, 0.15) is 17.0 Å². The molecule has 0 saturated heterocycles. The molecule has 0 spiro atoms. The highest BCUT2D eigenvalue weighted by atomic mass is 16.4. The largest absolute Gasteiger partial charge is 0.478 e. The summed E-state index contributed by atoms with van der Waals surface area (Å²) in [5.74, 6) is -1.34. The Hall–Kier alpha value is -3.93. The maximum Gasteiger partial charge on any atom is 0.340 e. The number of carbonyl (C=O) groups is 2. The number of carboxylic acid groups (broad SMARTS) is 1. The van der Waals surface area contributed by atoms with Gasteiger partial charge in [-0.1, -0.05) is 60.7 Å². The molecule has 0 saturated carbocycles. The Labute approximate surface area is 172 Å². The minimum absolute atomic E-state index is 0.00764. The number of pyridine rings is 1. The van der Waals surface area contributed by atoms with Crippen molar-refractivity contribution in [2.24, 2.45) is 0 Å². The Morgan fingerprint density at radius 2 is 1.57 bits per heavy atom. The van der Waals surface area contributed by atoms with Crippen molar-refractivity contribution >= 4 is 17.4 Å². The number of aromatic carboxylic acids is 1. The van der Waals surface area contributed by atoms with Crippen LogP contribution in [0.1, 0.15) is 32.0 Å². The Morgan fingerprint density at radius 1 is 0.900 bits per heavy atom. The molecule has 2 aromatic carbocycles. The van der Waals surface area contributed by atoms with E-state index >= 15 is 0 Å². The van der Waals surface area contributed by atoms with Crippen molar-refractivity contribution in [1.29, 1.82) is 0 Å². The lowest BCUT2D eigenvalue weighted by Crippen LogP contribution is -2.36. The molecule has 30 heavy (non-hydrogen) atoms. The standard InChI is InChI=1S/C24H19N3O3/c28-23(25-18-13-16-9-4-5-10-17(16)14-18)20-12-6-11-19-21(24(29)30)22(26-27(19)20)15-7-2-1-3-8-15/h1-12,18H,13-14H2,(H,25,28)(H,29,30). The fraction of sp³-hybridized carbons (Fsp3) is 0.125. The van der Waals surface area contributed by atoms with Crippen LogP contribution in [0.5, 0.6) is 0 Å². The maximum absolute atomic E-state index is 13.1. The van der Waals surface area contributed by atoms with Gasteiger partial charge in [-0.2, -0.15) is 5.10 Å². The van der Waals surface area contributed by atoms with Crippen LogP contribution in [0, 0.1) is 0 Å². The summed E-state index contributed by atoms with van der Waals surface area (Å²) in [6.45, 7) is 0. The summed E-state index contributed by atoms with van der Waals surface area (Å²) in [6, 6.07) is 22.4. The van der Waals surface area contributed by atoms with Crippen LogP contribution in [0.25, 0.3) is 16.8 Å². The average molecular weight is 397 g/mol. The lowest BCUT2D eigenvalue weighted by atomic mass is 10.1. The molecule has 2 heterocycles. The van der Waals surface area contributed by atoms with Gasteiger partial charge in [-0.3, -0.25) is 4.79 Å². The van der Waals surface area contributed by atoms with Gasteiger partial charge in [-0.15, -0.1) is 0 Å². The SMILES string of the molecule is O=C(O)c1c(-c2ccccc2)nn2c(C(=O)NC3Cc4ccccc4C3)cccc12.